The van der Waals surface area contributed by atoms with Crippen LogP contribution in [0.2, 0.25) is 0 Å². The third-order valence-corrected chi connectivity index (χ3v) is 1.81. The van der Waals surface area contributed by atoms with Gasteiger partial charge in [0.2, 0.25) is 0 Å². The Bertz CT molecular complexity index is 193. The van der Waals surface area contributed by atoms with Crippen LogP contribution < -0.4 is 0 Å². The molecule has 0 aromatic carbocycles. The van der Waals surface area contributed by atoms with Gasteiger partial charge >= 0.3 is 5.96 Å². The normalized spacial score (nSPS) is 19.4. The van der Waals surface area contributed by atoms with Crippen LogP contribution in [0.4, 0.5) is 0 Å². The number of halogens is 1. The SMILES string of the molecule is CN1C([N+](=O)[O-])=NCN1Br. The van der Waals surface area contributed by atoms with Crippen molar-refractivity contribution in [2.24, 2.45) is 4.99 Å². The van der Waals surface area contributed by atoms with Gasteiger partial charge in [-0.05, 0) is 4.92 Å². The van der Waals surface area contributed by atoms with Gasteiger partial charge in [-0.2, -0.15) is 5.01 Å². The molecule has 0 aliphatic carbocycles. The van der Waals surface area contributed by atoms with Gasteiger partial charge in [-0.1, -0.05) is 9.03 Å². The summed E-state index contributed by atoms with van der Waals surface area (Å²) in [6.07, 6.45) is 0. The molecule has 0 amide bonds. The van der Waals surface area contributed by atoms with E-state index in [1.54, 1.807) is 7.05 Å². The molecule has 0 atom stereocenters. The van der Waals surface area contributed by atoms with Crippen molar-refractivity contribution in [2.45, 2.75) is 0 Å². The van der Waals surface area contributed by atoms with Gasteiger partial charge in [0.15, 0.2) is 6.67 Å². The molecular formula is C3H5BrN4O2. The van der Waals surface area contributed by atoms with Gasteiger partial charge in [0, 0.05) is 0 Å². The van der Waals surface area contributed by atoms with Crippen LogP contribution in [0.1, 0.15) is 0 Å². The van der Waals surface area contributed by atoms with Gasteiger partial charge in [0.05, 0.1) is 23.2 Å². The van der Waals surface area contributed by atoms with Crippen molar-refractivity contribution < 1.29 is 4.92 Å². The minimum atomic E-state index is -0.527. The van der Waals surface area contributed by atoms with Crippen molar-refractivity contribution in [2.75, 3.05) is 13.7 Å². The van der Waals surface area contributed by atoms with Gasteiger partial charge in [-0.15, -0.1) is 0 Å². The summed E-state index contributed by atoms with van der Waals surface area (Å²) < 4.78 is 1.46. The third kappa shape index (κ3) is 1.09. The van der Waals surface area contributed by atoms with Crippen molar-refractivity contribution in [3.63, 3.8) is 0 Å². The highest BCUT2D eigenvalue weighted by atomic mass is 79.9. The second kappa shape index (κ2) is 2.51. The predicted molar refractivity (Wildman–Crippen MR) is 37.8 cm³/mol. The van der Waals surface area contributed by atoms with Crippen LogP contribution >= 0.6 is 16.1 Å². The Kier molecular flexibility index (Phi) is 1.86. The number of guanidine groups is 1. The smallest absolute Gasteiger partial charge is 0.390 e. The van der Waals surface area contributed by atoms with E-state index in [1.807, 2.05) is 0 Å². The fourth-order valence-corrected chi connectivity index (χ4v) is 0.846. The van der Waals surface area contributed by atoms with E-state index in [-0.39, 0.29) is 12.6 Å². The molecule has 0 fully saturated rings. The zero-order chi connectivity index (χ0) is 7.72. The van der Waals surface area contributed by atoms with Crippen LogP contribution in [-0.2, 0) is 0 Å². The van der Waals surface area contributed by atoms with Gasteiger partial charge in [0.25, 0.3) is 0 Å². The number of aliphatic imine (C=N–C) groups is 1. The first-order valence-electron chi connectivity index (χ1n) is 2.48. The van der Waals surface area contributed by atoms with Crippen LogP contribution in [-0.4, -0.2) is 33.6 Å². The van der Waals surface area contributed by atoms with E-state index in [2.05, 4.69) is 21.1 Å². The van der Waals surface area contributed by atoms with Gasteiger partial charge < -0.3 is 10.1 Å². The number of hydrogen-bond donors (Lipinski definition) is 0. The first-order valence-corrected chi connectivity index (χ1v) is 3.19. The largest absolute Gasteiger partial charge is 0.444 e. The van der Waals surface area contributed by atoms with E-state index in [0.717, 1.165) is 0 Å². The Hall–Kier alpha value is -0.690. The lowest BCUT2D eigenvalue weighted by Gasteiger charge is -2.10. The standard InChI is InChI=1S/C3H5BrN4O2/c1-6-3(8(9)10)5-2-7(6)4/h2H2,1H3. The molecule has 0 aromatic heterocycles. The molecule has 7 heteroatoms. The number of hydrogen-bond acceptors (Lipinski definition) is 5. The number of nitro groups is 1. The van der Waals surface area contributed by atoms with E-state index in [0.29, 0.717) is 0 Å². The third-order valence-electron chi connectivity index (χ3n) is 1.11. The molecule has 0 aromatic rings. The minimum absolute atomic E-state index is 0.142. The summed E-state index contributed by atoms with van der Waals surface area (Å²) in [7, 11) is 1.56. The summed E-state index contributed by atoms with van der Waals surface area (Å²) in [5, 5.41) is 11.5. The van der Waals surface area contributed by atoms with Gasteiger partial charge in [0.1, 0.15) is 0 Å². The zero-order valence-electron chi connectivity index (χ0n) is 5.19. The molecule has 10 heavy (non-hydrogen) atoms. The average Bonchev–Trinajstić information content (AvgIpc) is 2.14. The maximum Gasteiger partial charge on any atom is 0.444 e. The maximum absolute atomic E-state index is 10.1. The Morgan fingerprint density at radius 1 is 1.90 bits per heavy atom. The highest BCUT2D eigenvalue weighted by molar-refractivity contribution is 9.07. The Labute approximate surface area is 65.6 Å². The molecule has 1 aliphatic heterocycles. The van der Waals surface area contributed by atoms with Crippen molar-refractivity contribution in [3.8, 4) is 0 Å². The fraction of sp³-hybridized carbons (Fsp3) is 0.667. The molecule has 0 saturated carbocycles. The average molecular weight is 209 g/mol. The molecule has 0 saturated heterocycles. The molecule has 1 rings (SSSR count). The monoisotopic (exact) mass is 208 g/mol. The molecule has 0 bridgehead atoms. The summed E-state index contributed by atoms with van der Waals surface area (Å²) in [5.74, 6) is -0.142. The molecule has 1 aliphatic rings. The zero-order valence-corrected chi connectivity index (χ0v) is 6.78. The maximum atomic E-state index is 10.1. The topological polar surface area (TPSA) is 62.0 Å². The lowest BCUT2D eigenvalue weighted by atomic mass is 10.9. The second-order valence-electron chi connectivity index (χ2n) is 1.72. The quantitative estimate of drug-likeness (QED) is 0.321. The van der Waals surface area contributed by atoms with Gasteiger partial charge in [-0.25, -0.2) is 0 Å². The number of rotatable bonds is 0. The molecule has 56 valence electrons. The first kappa shape index (κ1) is 7.42. The molecule has 0 unspecified atom stereocenters. The lowest BCUT2D eigenvalue weighted by Crippen LogP contribution is -2.35. The van der Waals surface area contributed by atoms with E-state index in [9.17, 15) is 10.1 Å². The highest BCUT2D eigenvalue weighted by Gasteiger charge is 2.30. The van der Waals surface area contributed by atoms with Gasteiger partial charge in [-0.3, -0.25) is 0 Å². The Morgan fingerprint density at radius 3 is 2.70 bits per heavy atom. The van der Waals surface area contributed by atoms with E-state index in [1.165, 1.54) is 9.04 Å². The second-order valence-corrected chi connectivity index (χ2v) is 2.54. The summed E-state index contributed by atoms with van der Waals surface area (Å²) >= 11 is 3.05. The van der Waals surface area contributed by atoms with Crippen molar-refractivity contribution in [3.05, 3.63) is 10.1 Å². The molecular weight excluding hydrogens is 204 g/mol. The molecule has 0 spiro atoms. The van der Waals surface area contributed by atoms with Crippen LogP contribution in [0, 0.1) is 10.1 Å². The fourth-order valence-electron chi connectivity index (χ4n) is 0.592. The van der Waals surface area contributed by atoms with Crippen LogP contribution in [0.15, 0.2) is 4.99 Å². The van der Waals surface area contributed by atoms with E-state index in [4.69, 9.17) is 0 Å². The number of nitrogens with zero attached hydrogens (tertiary/aromatic N) is 4. The number of hydrazine groups is 1. The molecule has 6 nitrogen and oxygen atoms in total. The van der Waals surface area contributed by atoms with Crippen molar-refractivity contribution >= 4 is 22.1 Å². The summed E-state index contributed by atoms with van der Waals surface area (Å²) in [5.41, 5.74) is 0. The summed E-state index contributed by atoms with van der Waals surface area (Å²) in [4.78, 5) is 13.2. The minimum Gasteiger partial charge on any atom is -0.390 e. The van der Waals surface area contributed by atoms with E-state index >= 15 is 0 Å². The summed E-state index contributed by atoms with van der Waals surface area (Å²) in [6, 6.07) is 0. The Balaban J connectivity index is 2.72. The summed E-state index contributed by atoms with van der Waals surface area (Å²) in [6.45, 7) is 0.285. The first-order chi connectivity index (χ1) is 4.63. The van der Waals surface area contributed by atoms with E-state index < -0.39 is 4.92 Å². The van der Waals surface area contributed by atoms with Crippen LogP contribution in [0.5, 0.6) is 0 Å². The van der Waals surface area contributed by atoms with Crippen LogP contribution in [0.25, 0.3) is 0 Å². The molecule has 0 N–H and O–H groups in total. The highest BCUT2D eigenvalue weighted by Crippen LogP contribution is 2.10. The molecule has 0 radical (unpaired) electrons. The Morgan fingerprint density at radius 2 is 2.50 bits per heavy atom. The molecule has 1 heterocycles. The lowest BCUT2D eigenvalue weighted by molar-refractivity contribution is -0.364. The van der Waals surface area contributed by atoms with Crippen molar-refractivity contribution in [1.82, 2.24) is 9.04 Å². The predicted octanol–water partition coefficient (Wildman–Crippen LogP) is 0.0489. The van der Waals surface area contributed by atoms with Crippen molar-refractivity contribution in [1.29, 1.82) is 0 Å². The van der Waals surface area contributed by atoms with Crippen LogP contribution in [0.3, 0.4) is 0 Å².